The summed E-state index contributed by atoms with van der Waals surface area (Å²) < 4.78 is 70.9. The van der Waals surface area contributed by atoms with Crippen LogP contribution in [-0.4, -0.2) is 33.3 Å². The summed E-state index contributed by atoms with van der Waals surface area (Å²) in [6.07, 6.45) is -3.28. The minimum absolute atomic E-state index is 0.437. The molecular formula is C9H8ClF2NO6S2. The van der Waals surface area contributed by atoms with Crippen LogP contribution in [0.1, 0.15) is 12.0 Å². The Morgan fingerprint density at radius 2 is 1.76 bits per heavy atom. The Bertz CT molecular complexity index is 762. The fraction of sp³-hybridized carbons (Fsp3) is 0.333. The number of hydrogen-bond acceptors (Lipinski definition) is 6. The predicted octanol–water partition coefficient (Wildman–Crippen LogP) is 1.87. The number of nitro benzene ring substituents is 1. The van der Waals surface area contributed by atoms with Gasteiger partial charge in [0, 0.05) is 28.4 Å². The van der Waals surface area contributed by atoms with Crippen LogP contribution >= 0.6 is 10.7 Å². The molecule has 7 nitrogen and oxygen atoms in total. The van der Waals surface area contributed by atoms with Crippen molar-refractivity contribution in [3.63, 3.8) is 0 Å². The number of rotatable bonds is 6. The van der Waals surface area contributed by atoms with E-state index in [0.717, 1.165) is 6.07 Å². The van der Waals surface area contributed by atoms with E-state index in [2.05, 4.69) is 0 Å². The van der Waals surface area contributed by atoms with Gasteiger partial charge < -0.3 is 0 Å². The Balaban J connectivity index is 3.32. The van der Waals surface area contributed by atoms with Gasteiger partial charge in [-0.15, -0.1) is 0 Å². The SMILES string of the molecule is O=[N+]([O-])c1ccc(S(=O)(=O)CCS(=O)(=O)Cl)c(C(F)F)c1. The van der Waals surface area contributed by atoms with Crippen LogP contribution in [0.3, 0.4) is 0 Å². The molecule has 0 aliphatic carbocycles. The van der Waals surface area contributed by atoms with Gasteiger partial charge in [0.25, 0.3) is 12.1 Å². The molecule has 1 rings (SSSR count). The Hall–Kier alpha value is -1.33. The topological polar surface area (TPSA) is 111 Å². The largest absolute Gasteiger partial charge is 0.269 e. The summed E-state index contributed by atoms with van der Waals surface area (Å²) in [5.74, 6) is -1.97. The van der Waals surface area contributed by atoms with Crippen LogP contribution < -0.4 is 0 Å². The summed E-state index contributed by atoms with van der Waals surface area (Å²) in [6, 6.07) is 1.83. The molecule has 118 valence electrons. The van der Waals surface area contributed by atoms with Crippen LogP contribution in [0.4, 0.5) is 14.5 Å². The van der Waals surface area contributed by atoms with Gasteiger partial charge in [0.1, 0.15) is 0 Å². The van der Waals surface area contributed by atoms with E-state index in [1.165, 1.54) is 0 Å². The van der Waals surface area contributed by atoms with Crippen molar-refractivity contribution in [1.82, 2.24) is 0 Å². The van der Waals surface area contributed by atoms with Crippen molar-refractivity contribution in [3.8, 4) is 0 Å². The highest BCUT2D eigenvalue weighted by Gasteiger charge is 2.27. The van der Waals surface area contributed by atoms with Gasteiger partial charge >= 0.3 is 0 Å². The third-order valence-corrected chi connectivity index (χ3v) is 5.57. The van der Waals surface area contributed by atoms with Crippen molar-refractivity contribution in [2.75, 3.05) is 11.5 Å². The van der Waals surface area contributed by atoms with Crippen LogP contribution in [-0.2, 0) is 18.9 Å². The molecule has 0 amide bonds. The maximum atomic E-state index is 12.8. The summed E-state index contributed by atoms with van der Waals surface area (Å²) in [7, 11) is -3.63. The third kappa shape index (κ3) is 4.86. The van der Waals surface area contributed by atoms with Gasteiger partial charge in [-0.3, -0.25) is 10.1 Å². The number of hydrogen-bond donors (Lipinski definition) is 0. The van der Waals surface area contributed by atoms with E-state index in [4.69, 9.17) is 10.7 Å². The standard InChI is InChI=1S/C9H8ClF2NO6S2/c10-21(18,19)4-3-20(16,17)8-2-1-6(13(14)15)5-7(8)9(11)12/h1-2,5,9H,3-4H2. The second kappa shape index (κ2) is 6.20. The molecule has 0 radical (unpaired) electrons. The van der Waals surface area contributed by atoms with Gasteiger partial charge in [-0.05, 0) is 6.07 Å². The molecule has 1 aromatic rings. The van der Waals surface area contributed by atoms with E-state index < -0.39 is 57.9 Å². The number of sulfone groups is 1. The van der Waals surface area contributed by atoms with E-state index in [1.807, 2.05) is 0 Å². The van der Waals surface area contributed by atoms with E-state index in [0.29, 0.717) is 12.1 Å². The van der Waals surface area contributed by atoms with Gasteiger partial charge in [-0.1, -0.05) is 0 Å². The van der Waals surface area contributed by atoms with Gasteiger partial charge in [-0.25, -0.2) is 25.6 Å². The molecule has 0 atom stereocenters. The minimum atomic E-state index is -4.38. The fourth-order valence-corrected chi connectivity index (χ4v) is 4.67. The van der Waals surface area contributed by atoms with E-state index in [1.54, 1.807) is 0 Å². The van der Waals surface area contributed by atoms with E-state index in [9.17, 15) is 35.7 Å². The zero-order chi connectivity index (χ0) is 16.4. The maximum Gasteiger partial charge on any atom is 0.269 e. The average molecular weight is 364 g/mol. The molecule has 0 unspecified atom stereocenters. The highest BCUT2D eigenvalue weighted by Crippen LogP contribution is 2.30. The highest BCUT2D eigenvalue weighted by atomic mass is 35.7. The lowest BCUT2D eigenvalue weighted by atomic mass is 10.2. The van der Waals surface area contributed by atoms with Gasteiger partial charge in [-0.2, -0.15) is 0 Å². The smallest absolute Gasteiger partial charge is 0.258 e. The molecule has 0 aromatic heterocycles. The number of non-ortho nitro benzene ring substituents is 1. The average Bonchev–Trinajstić information content (AvgIpc) is 2.35. The quantitative estimate of drug-likeness (QED) is 0.433. The van der Waals surface area contributed by atoms with Gasteiger partial charge in [0.05, 0.1) is 21.3 Å². The van der Waals surface area contributed by atoms with E-state index >= 15 is 0 Å². The van der Waals surface area contributed by atoms with Crippen LogP contribution in [0.25, 0.3) is 0 Å². The summed E-state index contributed by atoms with van der Waals surface area (Å²) >= 11 is 0. The summed E-state index contributed by atoms with van der Waals surface area (Å²) in [4.78, 5) is 8.70. The van der Waals surface area contributed by atoms with Crippen molar-refractivity contribution >= 4 is 35.3 Å². The molecule has 0 saturated carbocycles. The second-order valence-electron chi connectivity index (χ2n) is 3.84. The molecular weight excluding hydrogens is 356 g/mol. The van der Waals surface area contributed by atoms with Crippen LogP contribution in [0.15, 0.2) is 23.1 Å². The van der Waals surface area contributed by atoms with Crippen molar-refractivity contribution in [1.29, 1.82) is 0 Å². The zero-order valence-corrected chi connectivity index (χ0v) is 12.5. The van der Waals surface area contributed by atoms with Gasteiger partial charge in [0.15, 0.2) is 9.84 Å². The van der Waals surface area contributed by atoms with Crippen LogP contribution in [0.5, 0.6) is 0 Å². The number of nitrogens with zero attached hydrogens (tertiary/aromatic N) is 1. The lowest BCUT2D eigenvalue weighted by molar-refractivity contribution is -0.385. The van der Waals surface area contributed by atoms with Crippen molar-refractivity contribution in [2.24, 2.45) is 0 Å². The van der Waals surface area contributed by atoms with Crippen molar-refractivity contribution in [3.05, 3.63) is 33.9 Å². The van der Waals surface area contributed by atoms with E-state index in [-0.39, 0.29) is 0 Å². The normalized spacial score (nSPS) is 12.6. The summed E-state index contributed by atoms with van der Waals surface area (Å²) in [5, 5.41) is 10.5. The maximum absolute atomic E-state index is 12.8. The molecule has 0 fully saturated rings. The molecule has 0 aliphatic heterocycles. The molecule has 1 aromatic carbocycles. The first-order valence-corrected chi connectivity index (χ1v) is 9.29. The first kappa shape index (κ1) is 17.7. The second-order valence-corrected chi connectivity index (χ2v) is 8.82. The first-order valence-electron chi connectivity index (χ1n) is 5.15. The number of halogens is 3. The predicted molar refractivity (Wildman–Crippen MR) is 69.7 cm³/mol. The highest BCUT2D eigenvalue weighted by molar-refractivity contribution is 8.14. The van der Waals surface area contributed by atoms with Gasteiger partial charge in [0.2, 0.25) is 9.05 Å². The summed E-state index contributed by atoms with van der Waals surface area (Å²) in [6.45, 7) is 0. The van der Waals surface area contributed by atoms with Crippen LogP contribution in [0.2, 0.25) is 0 Å². The molecule has 0 heterocycles. The van der Waals surface area contributed by atoms with Crippen LogP contribution in [0, 0.1) is 10.1 Å². The number of benzene rings is 1. The lowest BCUT2D eigenvalue weighted by Gasteiger charge is -2.09. The Morgan fingerprint density at radius 1 is 1.19 bits per heavy atom. The lowest BCUT2D eigenvalue weighted by Crippen LogP contribution is -2.16. The minimum Gasteiger partial charge on any atom is -0.258 e. The first-order chi connectivity index (χ1) is 9.44. The Morgan fingerprint density at radius 3 is 2.19 bits per heavy atom. The molecule has 12 heteroatoms. The molecule has 0 spiro atoms. The number of alkyl halides is 2. The van der Waals surface area contributed by atoms with Crippen molar-refractivity contribution in [2.45, 2.75) is 11.3 Å². The summed E-state index contributed by atoms with van der Waals surface area (Å²) in [5.41, 5.74) is -1.76. The molecule has 21 heavy (non-hydrogen) atoms. The fourth-order valence-electron chi connectivity index (χ4n) is 1.42. The molecule has 0 N–H and O–H groups in total. The molecule has 0 saturated heterocycles. The Kier molecular flexibility index (Phi) is 5.23. The zero-order valence-electron chi connectivity index (χ0n) is 10.1. The molecule has 0 aliphatic rings. The monoisotopic (exact) mass is 363 g/mol. The molecule has 0 bridgehead atoms. The van der Waals surface area contributed by atoms with Crippen molar-refractivity contribution < 1.29 is 30.5 Å². The third-order valence-electron chi connectivity index (χ3n) is 2.37. The Labute approximate surface area is 123 Å². The number of nitro groups is 1.